The quantitative estimate of drug-likeness (QED) is 0.0268. The number of ether oxygens (including phenoxy) is 2. The highest BCUT2D eigenvalue weighted by Crippen LogP contribution is 2.43. The molecule has 0 aliphatic heterocycles. The number of phosphoric acid groups is 1. The lowest BCUT2D eigenvalue weighted by Crippen LogP contribution is -2.29. The molecule has 0 aliphatic carbocycles. The molecule has 0 fully saturated rings. The standard InChI is InChI=1S/C49H78NO8P/c1-3-5-7-9-11-13-15-17-19-20-21-22-23-24-25-26-28-30-32-34-36-38-40-42-49(52)58-47(46-57-59(53,54)56-44-43-50)45-55-48(51)41-39-37-35-33-31-29-27-18-16-14-12-10-8-6-4-2/h5-8,11-14,17-19,21-22,24-25,27-28,30,34,36,47H,3-4,9-10,15-16,20,23,26,29,31-33,35,37-46,50H2,1-2H3,(H,53,54)/b7-5-,8-6-,13-11-,14-12-,19-17-,22-21-,25-24-,27-18-,30-28-,36-34-. The Morgan fingerprint density at radius 1 is 0.508 bits per heavy atom. The van der Waals surface area contributed by atoms with E-state index in [4.69, 9.17) is 24.3 Å². The smallest absolute Gasteiger partial charge is 0.462 e. The van der Waals surface area contributed by atoms with Gasteiger partial charge in [0.15, 0.2) is 6.10 Å². The number of unbranched alkanes of at least 4 members (excludes halogenated alkanes) is 6. The van der Waals surface area contributed by atoms with Gasteiger partial charge in [-0.05, 0) is 96.3 Å². The molecule has 0 aromatic rings. The Bertz CT molecular complexity index is 1370. The maximum Gasteiger partial charge on any atom is 0.472 e. The molecule has 0 aromatic carbocycles. The van der Waals surface area contributed by atoms with E-state index in [2.05, 4.69) is 129 Å². The first-order chi connectivity index (χ1) is 28.8. The summed E-state index contributed by atoms with van der Waals surface area (Å²) < 4.78 is 32.7. The van der Waals surface area contributed by atoms with Crippen molar-refractivity contribution in [2.75, 3.05) is 26.4 Å². The number of esters is 2. The van der Waals surface area contributed by atoms with Crippen LogP contribution in [0, 0.1) is 0 Å². The van der Waals surface area contributed by atoms with Crippen LogP contribution in [0.15, 0.2) is 122 Å². The van der Waals surface area contributed by atoms with Crippen LogP contribution in [0.4, 0.5) is 0 Å². The Hall–Kier alpha value is -3.59. The van der Waals surface area contributed by atoms with Crippen LogP contribution in [0.2, 0.25) is 0 Å². The van der Waals surface area contributed by atoms with E-state index in [1.807, 2.05) is 6.08 Å². The van der Waals surface area contributed by atoms with Crippen molar-refractivity contribution >= 4 is 19.8 Å². The lowest BCUT2D eigenvalue weighted by Gasteiger charge is -2.19. The van der Waals surface area contributed by atoms with Gasteiger partial charge in [0.2, 0.25) is 0 Å². The number of rotatable bonds is 39. The first-order valence-electron chi connectivity index (χ1n) is 22.0. The minimum absolute atomic E-state index is 0.0340. The van der Waals surface area contributed by atoms with E-state index < -0.39 is 32.5 Å². The molecule has 10 heteroatoms. The van der Waals surface area contributed by atoms with Gasteiger partial charge in [-0.15, -0.1) is 0 Å². The highest BCUT2D eigenvalue weighted by molar-refractivity contribution is 7.47. The number of carbonyl (C=O) groups excluding carboxylic acids is 2. The van der Waals surface area contributed by atoms with Crippen LogP contribution in [0.3, 0.4) is 0 Å². The third-order valence-electron chi connectivity index (χ3n) is 8.34. The predicted molar refractivity (Wildman–Crippen MR) is 247 cm³/mol. The van der Waals surface area contributed by atoms with E-state index in [0.717, 1.165) is 96.3 Å². The summed E-state index contributed by atoms with van der Waals surface area (Å²) in [7, 11) is -4.41. The Balaban J connectivity index is 4.32. The molecule has 0 aromatic heterocycles. The van der Waals surface area contributed by atoms with E-state index in [9.17, 15) is 19.0 Å². The average Bonchev–Trinajstić information content (AvgIpc) is 3.22. The second-order valence-electron chi connectivity index (χ2n) is 13.8. The number of nitrogens with two attached hydrogens (primary N) is 1. The van der Waals surface area contributed by atoms with Gasteiger partial charge in [0, 0.05) is 19.4 Å². The Labute approximate surface area is 358 Å². The van der Waals surface area contributed by atoms with Gasteiger partial charge in [0.1, 0.15) is 6.61 Å². The lowest BCUT2D eigenvalue weighted by molar-refractivity contribution is -0.161. The van der Waals surface area contributed by atoms with Crippen molar-refractivity contribution in [2.45, 2.75) is 148 Å². The van der Waals surface area contributed by atoms with Crippen LogP contribution >= 0.6 is 7.82 Å². The van der Waals surface area contributed by atoms with Crippen molar-refractivity contribution in [1.29, 1.82) is 0 Å². The minimum Gasteiger partial charge on any atom is -0.462 e. The molecular weight excluding hydrogens is 762 g/mol. The lowest BCUT2D eigenvalue weighted by atomic mass is 10.1. The predicted octanol–water partition coefficient (Wildman–Crippen LogP) is 12.9. The fraction of sp³-hybridized carbons (Fsp3) is 0.551. The van der Waals surface area contributed by atoms with Crippen LogP contribution in [0.5, 0.6) is 0 Å². The second-order valence-corrected chi connectivity index (χ2v) is 15.2. The number of allylic oxidation sites excluding steroid dienone is 20. The monoisotopic (exact) mass is 840 g/mol. The largest absolute Gasteiger partial charge is 0.472 e. The molecule has 3 N–H and O–H groups in total. The van der Waals surface area contributed by atoms with Gasteiger partial charge < -0.3 is 20.1 Å². The maximum atomic E-state index is 12.6. The van der Waals surface area contributed by atoms with E-state index in [1.165, 1.54) is 0 Å². The van der Waals surface area contributed by atoms with Crippen LogP contribution < -0.4 is 5.73 Å². The van der Waals surface area contributed by atoms with Crippen molar-refractivity contribution in [1.82, 2.24) is 0 Å². The summed E-state index contributed by atoms with van der Waals surface area (Å²) in [4.78, 5) is 34.9. The van der Waals surface area contributed by atoms with Crippen LogP contribution in [-0.2, 0) is 32.7 Å². The van der Waals surface area contributed by atoms with Gasteiger partial charge >= 0.3 is 19.8 Å². The SMILES string of the molecule is CC/C=C\C/C=C\C/C=C\C/C=C\C/C=C\C/C=C\C/C=C\CCCC(=O)OC(COC(=O)CCCCCCC/C=C\C/C=C\C/C=C\CC)COP(=O)(O)OCCN. The molecule has 0 saturated heterocycles. The van der Waals surface area contributed by atoms with Gasteiger partial charge in [-0.2, -0.15) is 0 Å². The first-order valence-corrected chi connectivity index (χ1v) is 23.5. The molecule has 332 valence electrons. The second kappa shape index (κ2) is 44.0. The topological polar surface area (TPSA) is 134 Å². The zero-order chi connectivity index (χ0) is 43.2. The molecule has 0 amide bonds. The highest BCUT2D eigenvalue weighted by Gasteiger charge is 2.25. The zero-order valence-corrected chi connectivity index (χ0v) is 37.3. The maximum absolute atomic E-state index is 12.6. The number of phosphoric ester groups is 1. The van der Waals surface area contributed by atoms with Crippen molar-refractivity contribution in [3.63, 3.8) is 0 Å². The van der Waals surface area contributed by atoms with Gasteiger partial charge in [-0.3, -0.25) is 18.6 Å². The van der Waals surface area contributed by atoms with E-state index in [0.29, 0.717) is 19.3 Å². The molecule has 0 radical (unpaired) electrons. The highest BCUT2D eigenvalue weighted by atomic mass is 31.2. The third kappa shape index (κ3) is 43.8. The van der Waals surface area contributed by atoms with Gasteiger partial charge in [-0.1, -0.05) is 155 Å². The minimum atomic E-state index is -4.41. The molecule has 0 heterocycles. The molecule has 0 aliphatic rings. The third-order valence-corrected chi connectivity index (χ3v) is 9.33. The number of hydrogen-bond donors (Lipinski definition) is 2. The average molecular weight is 840 g/mol. The van der Waals surface area contributed by atoms with E-state index in [-0.39, 0.29) is 32.6 Å². The fourth-order valence-electron chi connectivity index (χ4n) is 5.16. The van der Waals surface area contributed by atoms with Crippen LogP contribution in [0.25, 0.3) is 0 Å². The summed E-state index contributed by atoms with van der Waals surface area (Å²) in [6.07, 6.45) is 59.5. The molecule has 0 bridgehead atoms. The van der Waals surface area contributed by atoms with Crippen molar-refractivity contribution < 1.29 is 37.6 Å². The van der Waals surface area contributed by atoms with E-state index >= 15 is 0 Å². The molecule has 0 saturated carbocycles. The fourth-order valence-corrected chi connectivity index (χ4v) is 5.93. The summed E-state index contributed by atoms with van der Waals surface area (Å²) in [6, 6.07) is 0. The molecular formula is C49H78NO8P. The molecule has 2 unspecified atom stereocenters. The summed E-state index contributed by atoms with van der Waals surface area (Å²) in [5.41, 5.74) is 5.34. The van der Waals surface area contributed by atoms with E-state index in [1.54, 1.807) is 0 Å². The summed E-state index contributed by atoms with van der Waals surface area (Å²) >= 11 is 0. The van der Waals surface area contributed by atoms with Crippen LogP contribution in [0.1, 0.15) is 142 Å². The zero-order valence-electron chi connectivity index (χ0n) is 36.4. The first kappa shape index (κ1) is 55.4. The van der Waals surface area contributed by atoms with Gasteiger partial charge in [0.25, 0.3) is 0 Å². The van der Waals surface area contributed by atoms with Gasteiger partial charge in [0.05, 0.1) is 13.2 Å². The van der Waals surface area contributed by atoms with Crippen molar-refractivity contribution in [3.8, 4) is 0 Å². The summed E-state index contributed by atoms with van der Waals surface area (Å²) in [5, 5.41) is 0. The molecule has 0 spiro atoms. The molecule has 2 atom stereocenters. The Morgan fingerprint density at radius 2 is 0.898 bits per heavy atom. The molecule has 9 nitrogen and oxygen atoms in total. The number of hydrogen-bond acceptors (Lipinski definition) is 8. The van der Waals surface area contributed by atoms with Crippen molar-refractivity contribution in [2.24, 2.45) is 5.73 Å². The Morgan fingerprint density at radius 3 is 1.36 bits per heavy atom. The summed E-state index contributed by atoms with van der Waals surface area (Å²) in [5.74, 6) is -0.933. The molecule has 59 heavy (non-hydrogen) atoms. The van der Waals surface area contributed by atoms with Gasteiger partial charge in [-0.25, -0.2) is 4.57 Å². The normalized spacial score (nSPS) is 14.4. The number of carbonyl (C=O) groups is 2. The van der Waals surface area contributed by atoms with Crippen LogP contribution in [-0.4, -0.2) is 49.3 Å². The molecule has 0 rings (SSSR count). The summed E-state index contributed by atoms with van der Waals surface area (Å²) in [6.45, 7) is 3.38. The van der Waals surface area contributed by atoms with Crippen molar-refractivity contribution in [3.05, 3.63) is 122 Å². The Kier molecular flexibility index (Phi) is 41.3.